The van der Waals surface area contributed by atoms with E-state index in [1.54, 1.807) is 7.11 Å². The van der Waals surface area contributed by atoms with E-state index in [9.17, 15) is 4.79 Å². The third kappa shape index (κ3) is 4.05. The number of benzene rings is 1. The zero-order valence-electron chi connectivity index (χ0n) is 12.2. The number of piperidine rings is 1. The number of nitrogens with zero attached hydrogens (tertiary/aromatic N) is 1. The van der Waals surface area contributed by atoms with Crippen molar-refractivity contribution in [2.24, 2.45) is 11.7 Å². The molecule has 2 N–H and O–H groups in total. The van der Waals surface area contributed by atoms with Gasteiger partial charge >= 0.3 is 0 Å². The molecular weight excluding hydrogens is 252 g/mol. The van der Waals surface area contributed by atoms with Crippen molar-refractivity contribution in [3.05, 3.63) is 35.4 Å². The molecule has 0 aromatic heterocycles. The summed E-state index contributed by atoms with van der Waals surface area (Å²) in [6.07, 6.45) is 2.71. The number of hydrogen-bond donors (Lipinski definition) is 1. The summed E-state index contributed by atoms with van der Waals surface area (Å²) in [7, 11) is 1.72. The van der Waals surface area contributed by atoms with E-state index < -0.39 is 0 Å². The van der Waals surface area contributed by atoms with Crippen LogP contribution in [0.25, 0.3) is 0 Å². The smallest absolute Gasteiger partial charge is 0.226 e. The Morgan fingerprint density at radius 1 is 1.35 bits per heavy atom. The van der Waals surface area contributed by atoms with Gasteiger partial charge in [-0.25, -0.2) is 0 Å². The van der Waals surface area contributed by atoms with Crippen molar-refractivity contribution in [2.75, 3.05) is 26.8 Å². The Labute approximate surface area is 120 Å². The highest BCUT2D eigenvalue weighted by Crippen LogP contribution is 2.18. The van der Waals surface area contributed by atoms with Crippen molar-refractivity contribution in [1.82, 2.24) is 4.90 Å². The van der Waals surface area contributed by atoms with Crippen LogP contribution in [0.4, 0.5) is 0 Å². The van der Waals surface area contributed by atoms with Crippen LogP contribution in [0.1, 0.15) is 24.0 Å². The summed E-state index contributed by atoms with van der Waals surface area (Å²) in [5.41, 5.74) is 7.73. The first-order valence-corrected chi connectivity index (χ1v) is 7.27. The molecule has 0 radical (unpaired) electrons. The normalized spacial score (nSPS) is 19.1. The molecule has 1 aromatic rings. The van der Waals surface area contributed by atoms with Gasteiger partial charge < -0.3 is 15.4 Å². The van der Waals surface area contributed by atoms with Gasteiger partial charge in [-0.2, -0.15) is 0 Å². The Bertz CT molecular complexity index is 429. The van der Waals surface area contributed by atoms with E-state index in [1.807, 2.05) is 29.2 Å². The minimum Gasteiger partial charge on any atom is -0.384 e. The molecule has 110 valence electrons. The maximum Gasteiger partial charge on any atom is 0.226 e. The molecule has 1 aliphatic rings. The van der Waals surface area contributed by atoms with Gasteiger partial charge in [-0.05, 0) is 29.9 Å². The lowest BCUT2D eigenvalue weighted by molar-refractivity contribution is -0.132. The number of carbonyl (C=O) groups is 1. The van der Waals surface area contributed by atoms with Crippen molar-refractivity contribution < 1.29 is 9.53 Å². The SMILES string of the molecule is COCC1CCCN(C(=O)Cc2ccc(CN)cc2)C1. The molecule has 0 aliphatic carbocycles. The van der Waals surface area contributed by atoms with E-state index in [2.05, 4.69) is 0 Å². The molecule has 1 heterocycles. The predicted octanol–water partition coefficient (Wildman–Crippen LogP) is 1.57. The molecule has 0 saturated carbocycles. The van der Waals surface area contributed by atoms with Crippen LogP contribution < -0.4 is 5.73 Å². The minimum atomic E-state index is 0.214. The minimum absolute atomic E-state index is 0.214. The fraction of sp³-hybridized carbons (Fsp3) is 0.562. The Morgan fingerprint density at radius 3 is 2.70 bits per heavy atom. The molecular formula is C16H24N2O2. The number of likely N-dealkylation sites (tertiary alicyclic amines) is 1. The Morgan fingerprint density at radius 2 is 2.05 bits per heavy atom. The molecule has 1 saturated heterocycles. The first-order chi connectivity index (χ1) is 9.72. The maximum atomic E-state index is 12.3. The molecule has 20 heavy (non-hydrogen) atoms. The highest BCUT2D eigenvalue weighted by atomic mass is 16.5. The zero-order chi connectivity index (χ0) is 14.4. The molecule has 4 heteroatoms. The van der Waals surface area contributed by atoms with E-state index in [-0.39, 0.29) is 5.91 Å². The monoisotopic (exact) mass is 276 g/mol. The second kappa shape index (κ2) is 7.41. The summed E-state index contributed by atoms with van der Waals surface area (Å²) >= 11 is 0. The van der Waals surface area contributed by atoms with Gasteiger partial charge in [-0.1, -0.05) is 24.3 Å². The largest absolute Gasteiger partial charge is 0.384 e. The van der Waals surface area contributed by atoms with Gasteiger partial charge in [0.1, 0.15) is 0 Å². The zero-order valence-corrected chi connectivity index (χ0v) is 12.2. The number of carbonyl (C=O) groups excluding carboxylic acids is 1. The van der Waals surface area contributed by atoms with Crippen molar-refractivity contribution in [3.63, 3.8) is 0 Å². The molecule has 1 unspecified atom stereocenters. The average molecular weight is 276 g/mol. The van der Waals surface area contributed by atoms with Crippen LogP contribution in [0.2, 0.25) is 0 Å². The van der Waals surface area contributed by atoms with Crippen molar-refractivity contribution in [2.45, 2.75) is 25.8 Å². The third-order valence-electron chi connectivity index (χ3n) is 3.89. The molecule has 1 fully saturated rings. The number of hydrogen-bond acceptors (Lipinski definition) is 3. The molecule has 1 aromatic carbocycles. The number of rotatable bonds is 5. The highest BCUT2D eigenvalue weighted by Gasteiger charge is 2.23. The van der Waals surface area contributed by atoms with E-state index >= 15 is 0 Å². The standard InChI is InChI=1S/C16H24N2O2/c1-20-12-15-3-2-8-18(11-15)16(19)9-13-4-6-14(10-17)7-5-13/h4-7,15H,2-3,8-12,17H2,1H3. The number of methoxy groups -OCH3 is 1. The average Bonchev–Trinajstić information content (AvgIpc) is 2.48. The highest BCUT2D eigenvalue weighted by molar-refractivity contribution is 5.78. The van der Waals surface area contributed by atoms with Crippen LogP contribution >= 0.6 is 0 Å². The fourth-order valence-corrected chi connectivity index (χ4v) is 2.74. The Balaban J connectivity index is 1.89. The molecule has 0 bridgehead atoms. The number of nitrogens with two attached hydrogens (primary N) is 1. The molecule has 0 spiro atoms. The Kier molecular flexibility index (Phi) is 5.56. The van der Waals surface area contributed by atoms with E-state index in [0.717, 1.165) is 43.7 Å². The second-order valence-corrected chi connectivity index (χ2v) is 5.50. The molecule has 2 rings (SSSR count). The first-order valence-electron chi connectivity index (χ1n) is 7.27. The van der Waals surface area contributed by atoms with E-state index in [0.29, 0.717) is 18.9 Å². The molecule has 1 aliphatic heterocycles. The van der Waals surface area contributed by atoms with Crippen LogP contribution in [-0.2, 0) is 22.5 Å². The van der Waals surface area contributed by atoms with Gasteiger partial charge in [-0.3, -0.25) is 4.79 Å². The van der Waals surface area contributed by atoms with Crippen molar-refractivity contribution >= 4 is 5.91 Å². The van der Waals surface area contributed by atoms with Gasteiger partial charge in [-0.15, -0.1) is 0 Å². The van der Waals surface area contributed by atoms with Gasteiger partial charge in [0.15, 0.2) is 0 Å². The Hall–Kier alpha value is -1.39. The summed E-state index contributed by atoms with van der Waals surface area (Å²) in [4.78, 5) is 14.3. The van der Waals surface area contributed by atoms with Crippen LogP contribution in [0.3, 0.4) is 0 Å². The van der Waals surface area contributed by atoms with Crippen LogP contribution in [0.15, 0.2) is 24.3 Å². The van der Waals surface area contributed by atoms with Crippen LogP contribution in [-0.4, -0.2) is 37.6 Å². The summed E-state index contributed by atoms with van der Waals surface area (Å²) in [5.74, 6) is 0.698. The summed E-state index contributed by atoms with van der Waals surface area (Å²) < 4.78 is 5.20. The number of ether oxygens (including phenoxy) is 1. The lowest BCUT2D eigenvalue weighted by Gasteiger charge is -2.32. The number of amides is 1. The third-order valence-corrected chi connectivity index (χ3v) is 3.89. The van der Waals surface area contributed by atoms with E-state index in [4.69, 9.17) is 10.5 Å². The summed E-state index contributed by atoms with van der Waals surface area (Å²) in [6.45, 7) is 2.99. The van der Waals surface area contributed by atoms with Gasteiger partial charge in [0.25, 0.3) is 0 Å². The quantitative estimate of drug-likeness (QED) is 0.888. The lowest BCUT2D eigenvalue weighted by Crippen LogP contribution is -2.41. The van der Waals surface area contributed by atoms with Crippen LogP contribution in [0.5, 0.6) is 0 Å². The predicted molar refractivity (Wildman–Crippen MR) is 79.2 cm³/mol. The summed E-state index contributed by atoms with van der Waals surface area (Å²) in [5, 5.41) is 0. The molecule has 1 amide bonds. The van der Waals surface area contributed by atoms with Gasteiger partial charge in [0, 0.05) is 26.7 Å². The first kappa shape index (κ1) is 15.0. The lowest BCUT2D eigenvalue weighted by atomic mass is 9.98. The van der Waals surface area contributed by atoms with Gasteiger partial charge in [0.05, 0.1) is 13.0 Å². The molecule has 4 nitrogen and oxygen atoms in total. The second-order valence-electron chi connectivity index (χ2n) is 5.50. The van der Waals surface area contributed by atoms with Crippen molar-refractivity contribution in [1.29, 1.82) is 0 Å². The van der Waals surface area contributed by atoms with Gasteiger partial charge in [0.2, 0.25) is 5.91 Å². The van der Waals surface area contributed by atoms with Crippen molar-refractivity contribution in [3.8, 4) is 0 Å². The maximum absolute atomic E-state index is 12.3. The summed E-state index contributed by atoms with van der Waals surface area (Å²) in [6, 6.07) is 7.98. The molecule has 1 atom stereocenters. The van der Waals surface area contributed by atoms with E-state index in [1.165, 1.54) is 0 Å². The fourth-order valence-electron chi connectivity index (χ4n) is 2.74. The topological polar surface area (TPSA) is 55.6 Å². The van der Waals surface area contributed by atoms with Crippen LogP contribution in [0, 0.1) is 5.92 Å².